The molecule has 6 nitrogen and oxygen atoms in total. The number of urea groups is 1. The fraction of sp³-hybridized carbons (Fsp3) is 0.222. The van der Waals surface area contributed by atoms with E-state index in [1.165, 1.54) is 5.01 Å². The second-order valence-electron chi connectivity index (χ2n) is 8.67. The lowest BCUT2D eigenvalue weighted by Crippen LogP contribution is -2.38. The zero-order valence-electron chi connectivity index (χ0n) is 19.3. The average Bonchev–Trinajstić information content (AvgIpc) is 3.19. The largest absolute Gasteiger partial charge is 0.459 e. The minimum Gasteiger partial charge on any atom is -0.459 e. The number of hydrazone groups is 1. The predicted octanol–water partition coefficient (Wildman–Crippen LogP) is 6.11. The van der Waals surface area contributed by atoms with E-state index in [1.807, 2.05) is 54.6 Å². The highest BCUT2D eigenvalue weighted by Crippen LogP contribution is 2.35. The molecule has 0 bridgehead atoms. The molecule has 1 N–H and O–H groups in total. The Kier molecular flexibility index (Phi) is 6.70. The summed E-state index contributed by atoms with van der Waals surface area (Å²) in [6, 6.07) is 23.7. The number of anilines is 1. The first-order valence-corrected chi connectivity index (χ1v) is 11.4. The maximum absolute atomic E-state index is 13.1. The molecule has 1 unspecified atom stereocenters. The van der Waals surface area contributed by atoms with Crippen molar-refractivity contribution in [1.29, 1.82) is 0 Å². The summed E-state index contributed by atoms with van der Waals surface area (Å²) in [7, 11) is 0. The average molecular weight is 476 g/mol. The zero-order chi connectivity index (χ0) is 24.3. The Bertz CT molecular complexity index is 1210. The number of halogens is 1. The number of benzene rings is 3. The highest BCUT2D eigenvalue weighted by molar-refractivity contribution is 6.30. The van der Waals surface area contributed by atoms with Crippen molar-refractivity contribution in [3.05, 3.63) is 101 Å². The van der Waals surface area contributed by atoms with Crippen LogP contribution in [0.4, 0.5) is 10.5 Å². The Morgan fingerprint density at radius 2 is 1.65 bits per heavy atom. The van der Waals surface area contributed by atoms with Crippen LogP contribution in [-0.2, 0) is 10.2 Å². The number of ether oxygens (including phenoxy) is 1. The van der Waals surface area contributed by atoms with E-state index in [4.69, 9.17) is 21.4 Å². The number of carbonyl (C=O) groups excluding carboxylic acids is 2. The molecule has 0 fully saturated rings. The Labute approximate surface area is 204 Å². The maximum Gasteiger partial charge on any atom is 0.342 e. The van der Waals surface area contributed by atoms with Crippen molar-refractivity contribution in [3.63, 3.8) is 0 Å². The summed E-state index contributed by atoms with van der Waals surface area (Å²) in [6.07, 6.45) is -0.200. The molecule has 4 rings (SSSR count). The molecule has 3 aromatic rings. The van der Waals surface area contributed by atoms with Crippen LogP contribution in [0.3, 0.4) is 0 Å². The normalized spacial score (nSPS) is 17.4. The van der Waals surface area contributed by atoms with Crippen molar-refractivity contribution >= 4 is 35.0 Å². The van der Waals surface area contributed by atoms with Crippen LogP contribution >= 0.6 is 11.6 Å². The van der Waals surface area contributed by atoms with Gasteiger partial charge in [0.2, 0.25) is 0 Å². The molecule has 2 amide bonds. The lowest BCUT2D eigenvalue weighted by molar-refractivity contribution is 0.0378. The first-order chi connectivity index (χ1) is 16.3. The molecular formula is C27H26ClN3O3. The van der Waals surface area contributed by atoms with Crippen LogP contribution in [0.1, 0.15) is 42.3 Å². The molecule has 0 radical (unpaired) electrons. The van der Waals surface area contributed by atoms with E-state index < -0.39 is 11.4 Å². The van der Waals surface area contributed by atoms with Gasteiger partial charge in [0.05, 0.1) is 29.3 Å². The number of rotatable bonds is 5. The van der Waals surface area contributed by atoms with Crippen LogP contribution in [0.5, 0.6) is 0 Å². The molecule has 0 aliphatic carbocycles. The third kappa shape index (κ3) is 4.97. The number of carbonyl (C=O) groups is 2. The lowest BCUT2D eigenvalue weighted by atomic mass is 9.76. The third-order valence-corrected chi connectivity index (χ3v) is 5.94. The minimum absolute atomic E-state index is 0.200. The van der Waals surface area contributed by atoms with Crippen molar-refractivity contribution in [2.45, 2.75) is 32.3 Å². The monoisotopic (exact) mass is 475 g/mol. The van der Waals surface area contributed by atoms with Crippen molar-refractivity contribution in [3.8, 4) is 0 Å². The highest BCUT2D eigenvalue weighted by Gasteiger charge is 2.42. The van der Waals surface area contributed by atoms with Gasteiger partial charge in [-0.05, 0) is 68.3 Å². The van der Waals surface area contributed by atoms with Gasteiger partial charge in [-0.3, -0.25) is 0 Å². The van der Waals surface area contributed by atoms with Crippen LogP contribution in [0.2, 0.25) is 5.02 Å². The number of nitrogens with zero attached hydrogens (tertiary/aromatic N) is 2. The molecule has 174 valence electrons. The molecule has 34 heavy (non-hydrogen) atoms. The van der Waals surface area contributed by atoms with Crippen LogP contribution in [0.25, 0.3) is 0 Å². The number of amides is 2. The Morgan fingerprint density at radius 1 is 1.00 bits per heavy atom. The maximum atomic E-state index is 13.1. The van der Waals surface area contributed by atoms with Crippen LogP contribution in [-0.4, -0.2) is 35.4 Å². The van der Waals surface area contributed by atoms with Gasteiger partial charge in [-0.15, -0.1) is 0 Å². The number of esters is 1. The first-order valence-electron chi connectivity index (χ1n) is 11.1. The summed E-state index contributed by atoms with van der Waals surface area (Å²) in [5.41, 5.74) is 3.23. The third-order valence-electron chi connectivity index (χ3n) is 5.69. The molecule has 0 spiro atoms. The molecule has 1 aliphatic heterocycles. The SMILES string of the molecule is CC(C)OC(=O)c1ccc(NC(=O)N2CC(C)(c3ccccc3)C(c3ccc(Cl)cc3)=N2)cc1. The summed E-state index contributed by atoms with van der Waals surface area (Å²) in [4.78, 5) is 25.2. The smallest absolute Gasteiger partial charge is 0.342 e. The minimum atomic E-state index is -0.503. The molecule has 0 aromatic heterocycles. The van der Waals surface area contributed by atoms with Gasteiger partial charge in [0, 0.05) is 10.7 Å². The van der Waals surface area contributed by atoms with E-state index in [2.05, 4.69) is 12.2 Å². The standard InChI is InChI=1S/C27H26ClN3O3/c1-18(2)34-25(32)20-11-15-23(16-12-20)29-26(33)31-17-27(3,21-7-5-4-6-8-21)24(30-31)19-9-13-22(28)14-10-19/h4-16,18H,17H2,1-3H3,(H,29,33). The van der Waals surface area contributed by atoms with Gasteiger partial charge < -0.3 is 10.1 Å². The highest BCUT2D eigenvalue weighted by atomic mass is 35.5. The van der Waals surface area contributed by atoms with Gasteiger partial charge in [-0.1, -0.05) is 54.1 Å². The van der Waals surface area contributed by atoms with Crippen LogP contribution in [0.15, 0.2) is 84.0 Å². The van der Waals surface area contributed by atoms with E-state index in [0.29, 0.717) is 22.8 Å². The zero-order valence-corrected chi connectivity index (χ0v) is 20.0. The fourth-order valence-electron chi connectivity index (χ4n) is 3.94. The van der Waals surface area contributed by atoms with Gasteiger partial charge in [-0.2, -0.15) is 5.10 Å². The molecule has 1 aliphatic rings. The predicted molar refractivity (Wildman–Crippen MR) is 135 cm³/mol. The Hall–Kier alpha value is -3.64. The van der Waals surface area contributed by atoms with Gasteiger partial charge >= 0.3 is 12.0 Å². The van der Waals surface area contributed by atoms with Crippen molar-refractivity contribution < 1.29 is 14.3 Å². The van der Waals surface area contributed by atoms with Crippen molar-refractivity contribution in [1.82, 2.24) is 5.01 Å². The van der Waals surface area contributed by atoms with Gasteiger partial charge in [0.25, 0.3) is 0 Å². The molecule has 1 heterocycles. The quantitative estimate of drug-likeness (QED) is 0.452. The van der Waals surface area contributed by atoms with Gasteiger partial charge in [0.1, 0.15) is 0 Å². The molecule has 0 saturated heterocycles. The summed E-state index contributed by atoms with van der Waals surface area (Å²) >= 11 is 6.09. The summed E-state index contributed by atoms with van der Waals surface area (Å²) in [5.74, 6) is -0.400. The Balaban J connectivity index is 1.57. The molecule has 1 atom stereocenters. The van der Waals surface area contributed by atoms with Crippen LogP contribution in [0, 0.1) is 0 Å². The molecular weight excluding hydrogens is 450 g/mol. The Morgan fingerprint density at radius 3 is 2.26 bits per heavy atom. The molecule has 7 heteroatoms. The second kappa shape index (κ2) is 9.69. The number of nitrogens with one attached hydrogen (secondary N) is 1. The fourth-order valence-corrected chi connectivity index (χ4v) is 4.06. The van der Waals surface area contributed by atoms with E-state index in [-0.39, 0.29) is 12.1 Å². The second-order valence-corrected chi connectivity index (χ2v) is 9.11. The lowest BCUT2D eigenvalue weighted by Gasteiger charge is -2.27. The van der Waals surface area contributed by atoms with E-state index >= 15 is 0 Å². The van der Waals surface area contributed by atoms with E-state index in [1.54, 1.807) is 38.1 Å². The van der Waals surface area contributed by atoms with Crippen LogP contribution < -0.4 is 5.32 Å². The number of hydrogen-bond acceptors (Lipinski definition) is 4. The van der Waals surface area contributed by atoms with Gasteiger partial charge in [0.15, 0.2) is 0 Å². The van der Waals surface area contributed by atoms with Crippen molar-refractivity contribution in [2.24, 2.45) is 5.10 Å². The number of hydrogen-bond donors (Lipinski definition) is 1. The summed E-state index contributed by atoms with van der Waals surface area (Å²) < 4.78 is 5.20. The molecule has 0 saturated carbocycles. The van der Waals surface area contributed by atoms with Gasteiger partial charge in [-0.25, -0.2) is 14.6 Å². The summed E-state index contributed by atoms with van der Waals surface area (Å²) in [6.45, 7) is 6.05. The topological polar surface area (TPSA) is 71.0 Å². The summed E-state index contributed by atoms with van der Waals surface area (Å²) in [5, 5.41) is 9.66. The van der Waals surface area contributed by atoms with Crippen molar-refractivity contribution in [2.75, 3.05) is 11.9 Å². The first kappa shape index (κ1) is 23.5. The van der Waals surface area contributed by atoms with E-state index in [9.17, 15) is 9.59 Å². The molecule has 3 aromatic carbocycles. The van der Waals surface area contributed by atoms with E-state index in [0.717, 1.165) is 16.8 Å².